The van der Waals surface area contributed by atoms with E-state index < -0.39 is 0 Å². The standard InChI is InChI=1S/C14H18BrN/c1-9-12(15)3-2-4-13(9)16-14(10-5-6-10)11-7-8-11/h2-4,10-11,14,16H,5-8H2,1H3. The van der Waals surface area contributed by atoms with Gasteiger partial charge in [-0.1, -0.05) is 22.0 Å². The fourth-order valence-corrected chi connectivity index (χ4v) is 2.84. The number of rotatable bonds is 4. The minimum Gasteiger partial charge on any atom is -0.382 e. The van der Waals surface area contributed by atoms with Crippen molar-refractivity contribution in [1.29, 1.82) is 0 Å². The molecule has 3 rings (SSSR count). The molecular formula is C14H18BrN. The van der Waals surface area contributed by atoms with Crippen LogP contribution in [0.3, 0.4) is 0 Å². The fraction of sp³-hybridized carbons (Fsp3) is 0.571. The van der Waals surface area contributed by atoms with Crippen LogP contribution in [0.4, 0.5) is 5.69 Å². The molecule has 2 aliphatic carbocycles. The van der Waals surface area contributed by atoms with E-state index in [2.05, 4.69) is 46.4 Å². The summed E-state index contributed by atoms with van der Waals surface area (Å²) < 4.78 is 1.21. The van der Waals surface area contributed by atoms with Crippen molar-refractivity contribution in [2.45, 2.75) is 38.6 Å². The van der Waals surface area contributed by atoms with E-state index in [1.807, 2.05) is 0 Å². The van der Waals surface area contributed by atoms with Crippen LogP contribution in [0.5, 0.6) is 0 Å². The van der Waals surface area contributed by atoms with Gasteiger partial charge in [-0.25, -0.2) is 0 Å². The lowest BCUT2D eigenvalue weighted by Gasteiger charge is -2.21. The monoisotopic (exact) mass is 279 g/mol. The van der Waals surface area contributed by atoms with E-state index in [1.54, 1.807) is 0 Å². The van der Waals surface area contributed by atoms with Gasteiger partial charge in [0.05, 0.1) is 0 Å². The lowest BCUT2D eigenvalue weighted by molar-refractivity contribution is 0.567. The van der Waals surface area contributed by atoms with Gasteiger partial charge in [0.2, 0.25) is 0 Å². The smallest absolute Gasteiger partial charge is 0.0383 e. The third-order valence-electron chi connectivity index (χ3n) is 3.85. The second-order valence-electron chi connectivity index (χ2n) is 5.26. The minimum atomic E-state index is 0.744. The van der Waals surface area contributed by atoms with Crippen LogP contribution in [0.1, 0.15) is 31.2 Å². The first-order valence-electron chi connectivity index (χ1n) is 6.27. The van der Waals surface area contributed by atoms with Gasteiger partial charge in [-0.15, -0.1) is 0 Å². The maximum absolute atomic E-state index is 3.78. The number of anilines is 1. The Hall–Kier alpha value is -0.500. The Balaban J connectivity index is 1.78. The first-order chi connectivity index (χ1) is 7.75. The average Bonchev–Trinajstić information content (AvgIpc) is 3.15. The zero-order chi connectivity index (χ0) is 11.1. The highest BCUT2D eigenvalue weighted by atomic mass is 79.9. The van der Waals surface area contributed by atoms with Crippen molar-refractivity contribution >= 4 is 21.6 Å². The molecule has 0 radical (unpaired) electrons. The Labute approximate surface area is 106 Å². The van der Waals surface area contributed by atoms with Crippen molar-refractivity contribution in [2.24, 2.45) is 11.8 Å². The molecule has 86 valence electrons. The summed E-state index contributed by atoms with van der Waals surface area (Å²) >= 11 is 3.60. The Morgan fingerprint density at radius 1 is 1.19 bits per heavy atom. The van der Waals surface area contributed by atoms with Gasteiger partial charge in [0.25, 0.3) is 0 Å². The van der Waals surface area contributed by atoms with Crippen LogP contribution in [0.25, 0.3) is 0 Å². The summed E-state index contributed by atoms with van der Waals surface area (Å²) in [5.74, 6) is 1.90. The predicted octanol–water partition coefficient (Wildman–Crippen LogP) is 4.36. The summed E-state index contributed by atoms with van der Waals surface area (Å²) in [5, 5.41) is 3.78. The molecule has 0 aromatic heterocycles. The Bertz CT molecular complexity index is 382. The number of nitrogens with one attached hydrogen (secondary N) is 1. The highest BCUT2D eigenvalue weighted by Crippen LogP contribution is 2.46. The van der Waals surface area contributed by atoms with Crippen molar-refractivity contribution in [3.8, 4) is 0 Å². The van der Waals surface area contributed by atoms with Crippen LogP contribution in [-0.2, 0) is 0 Å². The van der Waals surface area contributed by atoms with Crippen LogP contribution in [0, 0.1) is 18.8 Å². The van der Waals surface area contributed by atoms with Crippen LogP contribution in [0.15, 0.2) is 22.7 Å². The van der Waals surface area contributed by atoms with Gasteiger partial charge in [-0.2, -0.15) is 0 Å². The Morgan fingerprint density at radius 2 is 1.81 bits per heavy atom. The molecule has 2 heteroatoms. The molecule has 0 bridgehead atoms. The largest absolute Gasteiger partial charge is 0.382 e. The van der Waals surface area contributed by atoms with E-state index >= 15 is 0 Å². The summed E-state index contributed by atoms with van der Waals surface area (Å²) in [6.45, 7) is 2.18. The summed E-state index contributed by atoms with van der Waals surface area (Å²) in [6.07, 6.45) is 5.73. The summed E-state index contributed by atoms with van der Waals surface area (Å²) in [5.41, 5.74) is 2.66. The Kier molecular flexibility index (Phi) is 2.70. The molecule has 1 nitrogen and oxygen atoms in total. The van der Waals surface area contributed by atoms with E-state index in [4.69, 9.17) is 0 Å². The van der Waals surface area contributed by atoms with Crippen LogP contribution in [-0.4, -0.2) is 6.04 Å². The van der Waals surface area contributed by atoms with Gasteiger partial charge in [0.15, 0.2) is 0 Å². The molecule has 0 saturated heterocycles. The summed E-state index contributed by atoms with van der Waals surface area (Å²) in [6, 6.07) is 7.19. The van der Waals surface area contributed by atoms with Crippen molar-refractivity contribution < 1.29 is 0 Å². The number of benzene rings is 1. The predicted molar refractivity (Wildman–Crippen MR) is 71.7 cm³/mol. The summed E-state index contributed by atoms with van der Waals surface area (Å²) in [7, 11) is 0. The normalized spacial score (nSPS) is 20.2. The van der Waals surface area contributed by atoms with Gasteiger partial charge >= 0.3 is 0 Å². The first-order valence-corrected chi connectivity index (χ1v) is 7.06. The molecule has 0 amide bonds. The van der Waals surface area contributed by atoms with E-state index in [-0.39, 0.29) is 0 Å². The van der Waals surface area contributed by atoms with Crippen molar-refractivity contribution in [3.63, 3.8) is 0 Å². The molecule has 2 saturated carbocycles. The number of halogens is 1. The first kappa shape index (κ1) is 10.6. The van der Waals surface area contributed by atoms with Gasteiger partial charge in [0.1, 0.15) is 0 Å². The highest BCUT2D eigenvalue weighted by molar-refractivity contribution is 9.10. The van der Waals surface area contributed by atoms with E-state index in [1.165, 1.54) is 41.4 Å². The van der Waals surface area contributed by atoms with Crippen molar-refractivity contribution in [3.05, 3.63) is 28.2 Å². The molecular weight excluding hydrogens is 262 g/mol. The zero-order valence-corrected chi connectivity index (χ0v) is 11.3. The molecule has 2 fully saturated rings. The quantitative estimate of drug-likeness (QED) is 0.864. The van der Waals surface area contributed by atoms with Crippen LogP contribution >= 0.6 is 15.9 Å². The third kappa shape index (κ3) is 2.13. The van der Waals surface area contributed by atoms with Crippen molar-refractivity contribution in [2.75, 3.05) is 5.32 Å². The number of hydrogen-bond acceptors (Lipinski definition) is 1. The lowest BCUT2D eigenvalue weighted by atomic mass is 10.1. The van der Waals surface area contributed by atoms with Crippen LogP contribution in [0.2, 0.25) is 0 Å². The molecule has 2 aliphatic rings. The molecule has 0 atom stereocenters. The van der Waals surface area contributed by atoms with E-state index in [9.17, 15) is 0 Å². The molecule has 0 unspecified atom stereocenters. The second-order valence-corrected chi connectivity index (χ2v) is 6.11. The maximum atomic E-state index is 3.78. The SMILES string of the molecule is Cc1c(Br)cccc1NC(C1CC1)C1CC1. The lowest BCUT2D eigenvalue weighted by Crippen LogP contribution is -2.24. The molecule has 0 heterocycles. The fourth-order valence-electron chi connectivity index (χ4n) is 2.47. The highest BCUT2D eigenvalue weighted by Gasteiger charge is 2.41. The molecule has 16 heavy (non-hydrogen) atoms. The topological polar surface area (TPSA) is 12.0 Å². The van der Waals surface area contributed by atoms with Gasteiger partial charge < -0.3 is 5.32 Å². The molecule has 0 aliphatic heterocycles. The number of hydrogen-bond donors (Lipinski definition) is 1. The summed E-state index contributed by atoms with van der Waals surface area (Å²) in [4.78, 5) is 0. The maximum Gasteiger partial charge on any atom is 0.0383 e. The second kappa shape index (κ2) is 4.06. The van der Waals surface area contributed by atoms with Crippen LogP contribution < -0.4 is 5.32 Å². The van der Waals surface area contributed by atoms with Gasteiger partial charge in [-0.3, -0.25) is 0 Å². The van der Waals surface area contributed by atoms with E-state index in [0.717, 1.165) is 17.9 Å². The molecule has 0 spiro atoms. The van der Waals surface area contributed by atoms with Gasteiger partial charge in [-0.05, 0) is 62.1 Å². The zero-order valence-electron chi connectivity index (χ0n) is 9.67. The molecule has 1 aromatic rings. The van der Waals surface area contributed by atoms with Gasteiger partial charge in [0, 0.05) is 16.2 Å². The minimum absolute atomic E-state index is 0.744. The van der Waals surface area contributed by atoms with Crippen molar-refractivity contribution in [1.82, 2.24) is 0 Å². The molecule has 1 aromatic carbocycles. The Morgan fingerprint density at radius 3 is 2.38 bits per heavy atom. The van der Waals surface area contributed by atoms with E-state index in [0.29, 0.717) is 0 Å². The molecule has 1 N–H and O–H groups in total. The average molecular weight is 280 g/mol. The third-order valence-corrected chi connectivity index (χ3v) is 4.71.